The highest BCUT2D eigenvalue weighted by molar-refractivity contribution is 7.12. The Morgan fingerprint density at radius 3 is 2.71 bits per heavy atom. The number of ether oxygens (including phenoxy) is 2. The Hall–Kier alpha value is -2.87. The second kappa shape index (κ2) is 8.34. The van der Waals surface area contributed by atoms with Gasteiger partial charge in [-0.05, 0) is 34.6 Å². The Labute approximate surface area is 186 Å². The maximum atomic E-state index is 13.2. The van der Waals surface area contributed by atoms with E-state index in [4.69, 9.17) is 9.47 Å². The quantitative estimate of drug-likeness (QED) is 0.702. The molecule has 3 heterocycles. The number of fused-ring (bicyclic) bond motifs is 1. The molecule has 1 aromatic carbocycles. The number of nitrogens with zero attached hydrogens (tertiary/aromatic N) is 3. The molecule has 4 rings (SSSR count). The van der Waals surface area contributed by atoms with Crippen molar-refractivity contribution in [2.45, 2.75) is 39.7 Å². The molecule has 0 saturated carbocycles. The maximum Gasteiger partial charge on any atom is 0.262 e. The van der Waals surface area contributed by atoms with E-state index in [2.05, 4.69) is 5.10 Å². The van der Waals surface area contributed by atoms with Gasteiger partial charge in [0.15, 0.2) is 11.5 Å². The predicted molar refractivity (Wildman–Crippen MR) is 119 cm³/mol. The summed E-state index contributed by atoms with van der Waals surface area (Å²) >= 11 is 1.60. The molecule has 2 aliphatic rings. The zero-order valence-electron chi connectivity index (χ0n) is 18.3. The minimum absolute atomic E-state index is 0.0167. The number of hydrogen-bond acceptors (Lipinski definition) is 6. The summed E-state index contributed by atoms with van der Waals surface area (Å²) in [4.78, 5) is 28.3. The first kappa shape index (κ1) is 21.4. The fourth-order valence-corrected chi connectivity index (χ4v) is 4.39. The first-order valence-corrected chi connectivity index (χ1v) is 11.2. The van der Waals surface area contributed by atoms with E-state index in [1.807, 2.05) is 56.5 Å². The summed E-state index contributed by atoms with van der Waals surface area (Å²) in [5, 5.41) is 8.19. The van der Waals surface area contributed by atoms with Crippen LogP contribution in [0.1, 0.15) is 50.1 Å². The van der Waals surface area contributed by atoms with E-state index in [0.717, 1.165) is 16.2 Å². The molecular formula is C23H27N3O4S. The first-order valence-electron chi connectivity index (χ1n) is 10.3. The van der Waals surface area contributed by atoms with Gasteiger partial charge < -0.3 is 14.4 Å². The Morgan fingerprint density at radius 1 is 1.23 bits per heavy atom. The van der Waals surface area contributed by atoms with Gasteiger partial charge in [-0.25, -0.2) is 5.01 Å². The highest BCUT2D eigenvalue weighted by Gasteiger charge is 2.35. The van der Waals surface area contributed by atoms with Crippen LogP contribution < -0.4 is 9.47 Å². The van der Waals surface area contributed by atoms with Crippen LogP contribution in [0.2, 0.25) is 0 Å². The third kappa shape index (κ3) is 4.74. The summed E-state index contributed by atoms with van der Waals surface area (Å²) in [7, 11) is 1.67. The standard InChI is InChI=1S/C23H27N3O4S/c1-23(2,3)12-21(27)25(4)13-22(28)26-17(11-16(24-26)20-6-5-9-31-20)15-7-8-18-19(10-15)30-14-29-18/h5-10,17H,11-14H2,1-4H3/t17-/m1/s1. The summed E-state index contributed by atoms with van der Waals surface area (Å²) in [6.07, 6.45) is 0.984. The molecule has 31 heavy (non-hydrogen) atoms. The molecular weight excluding hydrogens is 414 g/mol. The largest absolute Gasteiger partial charge is 0.454 e. The van der Waals surface area contributed by atoms with Crippen molar-refractivity contribution in [2.75, 3.05) is 20.4 Å². The fourth-order valence-electron chi connectivity index (χ4n) is 3.66. The molecule has 2 aromatic rings. The smallest absolute Gasteiger partial charge is 0.262 e. The Morgan fingerprint density at radius 2 is 2.00 bits per heavy atom. The minimum atomic E-state index is -0.259. The number of thiophene rings is 1. The highest BCUT2D eigenvalue weighted by Crippen LogP contribution is 2.39. The summed E-state index contributed by atoms with van der Waals surface area (Å²) in [5.41, 5.74) is 1.66. The van der Waals surface area contributed by atoms with Gasteiger partial charge in [0.25, 0.3) is 5.91 Å². The monoisotopic (exact) mass is 441 g/mol. The number of likely N-dealkylation sites (N-methyl/N-ethyl adjacent to an activating group) is 1. The average Bonchev–Trinajstić information content (AvgIpc) is 3.45. The summed E-state index contributed by atoms with van der Waals surface area (Å²) in [5.74, 6) is 1.11. The van der Waals surface area contributed by atoms with E-state index < -0.39 is 0 Å². The van der Waals surface area contributed by atoms with E-state index >= 15 is 0 Å². The van der Waals surface area contributed by atoms with Gasteiger partial charge in [-0.2, -0.15) is 5.10 Å². The normalized spacial score (nSPS) is 17.6. The lowest BCUT2D eigenvalue weighted by Gasteiger charge is -2.26. The first-order chi connectivity index (χ1) is 14.7. The second-order valence-corrected chi connectivity index (χ2v) is 10.0. The van der Waals surface area contributed by atoms with Crippen molar-refractivity contribution in [3.05, 3.63) is 46.2 Å². The van der Waals surface area contributed by atoms with Crippen molar-refractivity contribution in [1.29, 1.82) is 0 Å². The van der Waals surface area contributed by atoms with Crippen molar-refractivity contribution in [2.24, 2.45) is 10.5 Å². The van der Waals surface area contributed by atoms with Crippen molar-refractivity contribution < 1.29 is 19.1 Å². The highest BCUT2D eigenvalue weighted by atomic mass is 32.1. The predicted octanol–water partition coefficient (Wildman–Crippen LogP) is 4.05. The third-order valence-electron chi connectivity index (χ3n) is 5.23. The molecule has 2 aliphatic heterocycles. The number of rotatable bonds is 5. The fraction of sp³-hybridized carbons (Fsp3) is 0.435. The average molecular weight is 442 g/mol. The number of hydrogen-bond donors (Lipinski definition) is 0. The molecule has 1 atom stereocenters. The van der Waals surface area contributed by atoms with Gasteiger partial charge >= 0.3 is 0 Å². The topological polar surface area (TPSA) is 71.4 Å². The zero-order valence-corrected chi connectivity index (χ0v) is 19.1. The maximum absolute atomic E-state index is 13.2. The van der Waals surface area contributed by atoms with E-state index in [9.17, 15) is 9.59 Å². The van der Waals surface area contributed by atoms with E-state index in [1.165, 1.54) is 9.91 Å². The van der Waals surface area contributed by atoms with Gasteiger partial charge in [0.05, 0.1) is 16.6 Å². The number of amides is 2. The lowest BCUT2D eigenvalue weighted by atomic mass is 9.92. The van der Waals surface area contributed by atoms with Crippen LogP contribution in [-0.4, -0.2) is 47.8 Å². The van der Waals surface area contributed by atoms with Gasteiger partial charge in [0.2, 0.25) is 12.7 Å². The molecule has 7 nitrogen and oxygen atoms in total. The van der Waals surface area contributed by atoms with Crippen LogP contribution in [0.5, 0.6) is 11.5 Å². The molecule has 0 fully saturated rings. The van der Waals surface area contributed by atoms with Gasteiger partial charge in [0.1, 0.15) is 6.54 Å². The molecule has 0 saturated heterocycles. The Balaban J connectivity index is 1.56. The molecule has 2 amide bonds. The second-order valence-electron chi connectivity index (χ2n) is 9.08. The van der Waals surface area contributed by atoms with Gasteiger partial charge in [-0.3, -0.25) is 9.59 Å². The van der Waals surface area contributed by atoms with Crippen LogP contribution in [0.4, 0.5) is 0 Å². The van der Waals surface area contributed by atoms with Crippen molar-refractivity contribution in [3.63, 3.8) is 0 Å². The van der Waals surface area contributed by atoms with Crippen LogP contribution in [0.25, 0.3) is 0 Å². The SMILES string of the molecule is CN(CC(=O)N1N=C(c2cccs2)C[C@@H]1c1ccc2c(c1)OCO2)C(=O)CC(C)(C)C. The molecule has 0 bridgehead atoms. The molecule has 0 aliphatic carbocycles. The number of benzene rings is 1. The van der Waals surface area contributed by atoms with Crippen LogP contribution in [0.15, 0.2) is 40.8 Å². The number of carbonyl (C=O) groups is 2. The van der Waals surface area contributed by atoms with Crippen LogP contribution in [0, 0.1) is 5.41 Å². The molecule has 164 valence electrons. The summed E-state index contributed by atoms with van der Waals surface area (Å²) in [6.45, 7) is 6.21. The minimum Gasteiger partial charge on any atom is -0.454 e. The number of hydrazone groups is 1. The number of carbonyl (C=O) groups excluding carboxylic acids is 2. The van der Waals surface area contributed by atoms with Crippen molar-refractivity contribution in [1.82, 2.24) is 9.91 Å². The molecule has 0 spiro atoms. The van der Waals surface area contributed by atoms with Crippen molar-refractivity contribution in [3.8, 4) is 11.5 Å². The molecule has 8 heteroatoms. The zero-order chi connectivity index (χ0) is 22.2. The Kier molecular flexibility index (Phi) is 5.75. The lowest BCUT2D eigenvalue weighted by Crippen LogP contribution is -2.40. The van der Waals surface area contributed by atoms with Crippen LogP contribution in [-0.2, 0) is 9.59 Å². The summed E-state index contributed by atoms with van der Waals surface area (Å²) in [6, 6.07) is 9.44. The van der Waals surface area contributed by atoms with Gasteiger partial charge in [-0.1, -0.05) is 32.9 Å². The van der Waals surface area contributed by atoms with Gasteiger partial charge in [-0.15, -0.1) is 11.3 Å². The van der Waals surface area contributed by atoms with Crippen molar-refractivity contribution >= 4 is 28.9 Å². The van der Waals surface area contributed by atoms with Crippen LogP contribution >= 0.6 is 11.3 Å². The summed E-state index contributed by atoms with van der Waals surface area (Å²) < 4.78 is 10.9. The molecule has 0 unspecified atom stereocenters. The molecule has 1 aromatic heterocycles. The third-order valence-corrected chi connectivity index (χ3v) is 6.15. The lowest BCUT2D eigenvalue weighted by molar-refractivity contribution is -0.141. The van der Waals surface area contributed by atoms with E-state index in [0.29, 0.717) is 24.3 Å². The van der Waals surface area contributed by atoms with E-state index in [-0.39, 0.29) is 36.6 Å². The van der Waals surface area contributed by atoms with Gasteiger partial charge in [0, 0.05) is 19.9 Å². The van der Waals surface area contributed by atoms with Crippen LogP contribution in [0.3, 0.4) is 0 Å². The molecule has 0 radical (unpaired) electrons. The van der Waals surface area contributed by atoms with E-state index in [1.54, 1.807) is 18.4 Å². The molecule has 0 N–H and O–H groups in total. The Bertz CT molecular complexity index is 1010.